The van der Waals surface area contributed by atoms with Crippen molar-refractivity contribution in [3.63, 3.8) is 0 Å². The first-order valence-electron chi connectivity index (χ1n) is 11.1. The van der Waals surface area contributed by atoms with Crippen LogP contribution in [-0.4, -0.2) is 40.4 Å². The fourth-order valence-electron chi connectivity index (χ4n) is 5.14. The molecule has 1 N–H and O–H groups in total. The number of aromatic nitrogens is 2. The van der Waals surface area contributed by atoms with E-state index in [1.54, 1.807) is 37.0 Å². The highest BCUT2D eigenvalue weighted by Gasteiger charge is 2.41. The van der Waals surface area contributed by atoms with Gasteiger partial charge < -0.3 is 10.2 Å². The summed E-state index contributed by atoms with van der Waals surface area (Å²) < 4.78 is 31.3. The summed E-state index contributed by atoms with van der Waals surface area (Å²) in [6, 6.07) is 3.54. The van der Waals surface area contributed by atoms with Gasteiger partial charge in [0.05, 0.1) is 11.4 Å². The van der Waals surface area contributed by atoms with Crippen molar-refractivity contribution in [1.29, 1.82) is 0 Å². The highest BCUT2D eigenvalue weighted by Crippen LogP contribution is 2.40. The summed E-state index contributed by atoms with van der Waals surface area (Å²) in [6.45, 7) is 12.1. The van der Waals surface area contributed by atoms with Gasteiger partial charge in [-0.05, 0) is 62.1 Å². The zero-order valence-electron chi connectivity index (χ0n) is 18.8. The van der Waals surface area contributed by atoms with Crippen molar-refractivity contribution in [1.82, 2.24) is 14.7 Å². The second kappa shape index (κ2) is 7.95. The number of rotatable bonds is 5. The molecule has 30 heavy (non-hydrogen) atoms. The maximum Gasteiger partial charge on any atom is 0.182 e. The number of aryl methyl sites for hydroxylation is 2. The summed E-state index contributed by atoms with van der Waals surface area (Å²) in [4.78, 5) is 2.59. The lowest BCUT2D eigenvalue weighted by atomic mass is 9.92. The number of halogens is 2. The molecule has 2 aromatic rings. The number of hydrogen-bond acceptors (Lipinski definition) is 3. The van der Waals surface area contributed by atoms with E-state index in [0.717, 1.165) is 32.5 Å². The molecule has 3 atom stereocenters. The second-order valence-corrected chi connectivity index (χ2v) is 10.5. The summed E-state index contributed by atoms with van der Waals surface area (Å²) in [6.07, 6.45) is 4.99. The first-order valence-corrected chi connectivity index (χ1v) is 11.1. The third-order valence-corrected chi connectivity index (χ3v) is 6.75. The van der Waals surface area contributed by atoms with Crippen LogP contribution in [0.1, 0.15) is 45.7 Å². The van der Waals surface area contributed by atoms with Crippen LogP contribution in [0.2, 0.25) is 0 Å². The molecule has 1 aliphatic heterocycles. The maximum atomic E-state index is 14.8. The largest absolute Gasteiger partial charge is 0.380 e. The quantitative estimate of drug-likeness (QED) is 0.724. The Hall–Kier alpha value is -1.95. The lowest BCUT2D eigenvalue weighted by Gasteiger charge is -2.24. The predicted molar refractivity (Wildman–Crippen MR) is 117 cm³/mol. The zero-order chi connectivity index (χ0) is 21.6. The van der Waals surface area contributed by atoms with E-state index in [1.807, 2.05) is 0 Å². The Balaban J connectivity index is 1.39. The van der Waals surface area contributed by atoms with Gasteiger partial charge in [-0.1, -0.05) is 20.8 Å². The number of hydrogen-bond donors (Lipinski definition) is 1. The lowest BCUT2D eigenvalue weighted by Crippen LogP contribution is -2.28. The van der Waals surface area contributed by atoms with Gasteiger partial charge in [0.15, 0.2) is 11.6 Å². The number of anilines is 1. The standard InChI is InChI=1S/C24H34F2N4/c1-15-20(14-29(5)28-15)19-6-7-21(23(26)22(19)25)27-18-10-16-12-30(13-17(16)11-18)9-8-24(2,3)4/h6-7,14,16-18,27H,8-13H2,1-5H3/t16-,17?,18?/m1/s1. The lowest BCUT2D eigenvalue weighted by molar-refractivity contribution is 0.250. The molecule has 1 saturated heterocycles. The summed E-state index contributed by atoms with van der Waals surface area (Å²) in [7, 11) is 1.78. The molecule has 1 aromatic heterocycles. The average molecular weight is 417 g/mol. The van der Waals surface area contributed by atoms with Crippen LogP contribution < -0.4 is 5.32 Å². The molecule has 6 heteroatoms. The van der Waals surface area contributed by atoms with Crippen molar-refractivity contribution < 1.29 is 8.78 Å². The first-order chi connectivity index (χ1) is 14.1. The number of nitrogens with one attached hydrogen (secondary N) is 1. The summed E-state index contributed by atoms with van der Waals surface area (Å²) in [5.41, 5.74) is 2.22. The Morgan fingerprint density at radius 3 is 2.30 bits per heavy atom. The Bertz CT molecular complexity index is 901. The fraction of sp³-hybridized carbons (Fsp3) is 0.625. The van der Waals surface area contributed by atoms with E-state index < -0.39 is 11.6 Å². The fourth-order valence-corrected chi connectivity index (χ4v) is 5.14. The molecule has 1 aliphatic carbocycles. The van der Waals surface area contributed by atoms with Crippen LogP contribution in [0.15, 0.2) is 18.3 Å². The van der Waals surface area contributed by atoms with Crippen LogP contribution in [0.3, 0.4) is 0 Å². The van der Waals surface area contributed by atoms with Gasteiger partial charge in [-0.3, -0.25) is 4.68 Å². The van der Waals surface area contributed by atoms with Crippen molar-refractivity contribution in [3.8, 4) is 11.1 Å². The molecule has 0 bridgehead atoms. The molecule has 1 aromatic carbocycles. The summed E-state index contributed by atoms with van der Waals surface area (Å²) in [5, 5.41) is 7.53. The normalized spacial score (nSPS) is 24.4. The van der Waals surface area contributed by atoms with Crippen LogP contribution in [0.25, 0.3) is 11.1 Å². The SMILES string of the molecule is Cc1nn(C)cc1-c1ccc(NC2CC3CN(CCC(C)(C)C)C[C@H]3C2)c(F)c1F. The summed E-state index contributed by atoms with van der Waals surface area (Å²) in [5.74, 6) is -0.275. The van der Waals surface area contributed by atoms with E-state index in [9.17, 15) is 8.78 Å². The second-order valence-electron chi connectivity index (χ2n) is 10.5. The molecule has 2 heterocycles. The Labute approximate surface area is 178 Å². The minimum atomic E-state index is -0.803. The van der Waals surface area contributed by atoms with Crippen LogP contribution in [-0.2, 0) is 7.05 Å². The van der Waals surface area contributed by atoms with Gasteiger partial charge in [0, 0.05) is 43.5 Å². The van der Waals surface area contributed by atoms with Gasteiger partial charge in [-0.25, -0.2) is 8.78 Å². The van der Waals surface area contributed by atoms with Gasteiger partial charge in [-0.15, -0.1) is 0 Å². The van der Waals surface area contributed by atoms with Crippen molar-refractivity contribution in [2.24, 2.45) is 24.3 Å². The monoisotopic (exact) mass is 416 g/mol. The molecule has 2 unspecified atom stereocenters. The number of likely N-dealkylation sites (tertiary alicyclic amines) is 1. The molecule has 0 spiro atoms. The van der Waals surface area contributed by atoms with Crippen LogP contribution in [0, 0.1) is 35.8 Å². The highest BCUT2D eigenvalue weighted by molar-refractivity contribution is 5.68. The van der Waals surface area contributed by atoms with Gasteiger partial charge in [0.1, 0.15) is 0 Å². The van der Waals surface area contributed by atoms with Gasteiger partial charge in [0.2, 0.25) is 0 Å². The third kappa shape index (κ3) is 4.39. The highest BCUT2D eigenvalue weighted by atomic mass is 19.2. The van der Waals surface area contributed by atoms with E-state index >= 15 is 0 Å². The average Bonchev–Trinajstić information content (AvgIpc) is 3.29. The molecule has 164 valence electrons. The number of fused-ring (bicyclic) bond motifs is 1. The minimum Gasteiger partial charge on any atom is -0.380 e. The number of nitrogens with zero attached hydrogens (tertiary/aromatic N) is 3. The zero-order valence-corrected chi connectivity index (χ0v) is 18.8. The molecule has 4 nitrogen and oxygen atoms in total. The topological polar surface area (TPSA) is 33.1 Å². The molecule has 4 rings (SSSR count). The minimum absolute atomic E-state index is 0.213. The molecule has 0 radical (unpaired) electrons. The van der Waals surface area contributed by atoms with E-state index in [2.05, 4.69) is 36.1 Å². The van der Waals surface area contributed by atoms with Crippen LogP contribution >= 0.6 is 0 Å². The van der Waals surface area contributed by atoms with Crippen molar-refractivity contribution >= 4 is 5.69 Å². The molecular weight excluding hydrogens is 382 g/mol. The van der Waals surface area contributed by atoms with Crippen molar-refractivity contribution in [2.45, 2.75) is 53.0 Å². The van der Waals surface area contributed by atoms with E-state index in [1.165, 1.54) is 6.42 Å². The van der Waals surface area contributed by atoms with E-state index in [0.29, 0.717) is 28.5 Å². The van der Waals surface area contributed by atoms with E-state index in [4.69, 9.17) is 0 Å². The number of benzene rings is 1. The Kier molecular flexibility index (Phi) is 5.64. The Morgan fingerprint density at radius 1 is 1.07 bits per heavy atom. The molecular formula is C24H34F2N4. The molecule has 2 aliphatic rings. The summed E-state index contributed by atoms with van der Waals surface area (Å²) >= 11 is 0. The predicted octanol–water partition coefficient (Wildman–Crippen LogP) is 5.23. The van der Waals surface area contributed by atoms with Crippen LogP contribution in [0.4, 0.5) is 14.5 Å². The van der Waals surface area contributed by atoms with E-state index in [-0.39, 0.29) is 17.3 Å². The van der Waals surface area contributed by atoms with Crippen LogP contribution in [0.5, 0.6) is 0 Å². The maximum absolute atomic E-state index is 14.8. The van der Waals surface area contributed by atoms with Gasteiger partial charge in [-0.2, -0.15) is 5.10 Å². The smallest absolute Gasteiger partial charge is 0.182 e. The van der Waals surface area contributed by atoms with Crippen molar-refractivity contribution in [2.75, 3.05) is 25.0 Å². The molecule has 0 amide bonds. The Morgan fingerprint density at radius 2 is 1.73 bits per heavy atom. The third-order valence-electron chi connectivity index (χ3n) is 6.75. The first kappa shape index (κ1) is 21.3. The molecule has 1 saturated carbocycles. The molecule has 2 fully saturated rings. The van der Waals surface area contributed by atoms with Crippen molar-refractivity contribution in [3.05, 3.63) is 35.7 Å². The van der Waals surface area contributed by atoms with Gasteiger partial charge in [0.25, 0.3) is 0 Å². The van der Waals surface area contributed by atoms with Gasteiger partial charge >= 0.3 is 0 Å².